The van der Waals surface area contributed by atoms with Crippen LogP contribution >= 0.6 is 27.7 Å². The maximum Gasteiger partial charge on any atom is 0.315 e. The van der Waals surface area contributed by atoms with E-state index in [-0.39, 0.29) is 5.97 Å². The summed E-state index contributed by atoms with van der Waals surface area (Å²) < 4.78 is 5.56. The molecular weight excluding hydrogens is 252 g/mol. The Labute approximate surface area is 89.8 Å². The molecule has 70 valence electrons. The van der Waals surface area contributed by atoms with Crippen molar-refractivity contribution in [1.29, 1.82) is 0 Å². The second kappa shape index (κ2) is 5.29. The van der Waals surface area contributed by atoms with Crippen LogP contribution in [0.2, 0.25) is 0 Å². The van der Waals surface area contributed by atoms with E-state index in [1.807, 2.05) is 24.3 Å². The van der Waals surface area contributed by atoms with Gasteiger partial charge in [-0.1, -0.05) is 15.9 Å². The Balaban J connectivity index is 2.46. The van der Waals surface area contributed by atoms with Gasteiger partial charge < -0.3 is 4.74 Å². The molecule has 4 heteroatoms. The van der Waals surface area contributed by atoms with E-state index in [2.05, 4.69) is 20.7 Å². The Morgan fingerprint density at radius 1 is 1.46 bits per heavy atom. The summed E-state index contributed by atoms with van der Waals surface area (Å²) in [6, 6.07) is 7.80. The topological polar surface area (TPSA) is 26.3 Å². The molecule has 0 heterocycles. The van der Waals surface area contributed by atoms with Gasteiger partial charge in [-0.25, -0.2) is 0 Å². The molecule has 0 saturated heterocycles. The molecule has 0 radical (unpaired) electrons. The van der Waals surface area contributed by atoms with Crippen molar-refractivity contribution in [3.63, 3.8) is 0 Å². The summed E-state index contributed by atoms with van der Waals surface area (Å²) in [5.41, 5.74) is 0. The summed E-state index contributed by atoms with van der Waals surface area (Å²) >= 11 is 4.80. The lowest BCUT2D eigenvalue weighted by Gasteiger charge is -1.99. The number of thioether (sulfide) groups is 1. The highest BCUT2D eigenvalue weighted by molar-refractivity contribution is 9.10. The van der Waals surface area contributed by atoms with Crippen molar-refractivity contribution in [2.45, 2.75) is 4.90 Å². The number of carbonyl (C=O) groups is 1. The molecule has 0 unspecified atom stereocenters. The van der Waals surface area contributed by atoms with Crippen molar-refractivity contribution in [1.82, 2.24) is 0 Å². The molecule has 0 N–H and O–H groups in total. The van der Waals surface area contributed by atoms with Gasteiger partial charge in [0, 0.05) is 9.37 Å². The highest BCUT2D eigenvalue weighted by Crippen LogP contribution is 2.20. The Bertz CT molecular complexity index is 284. The highest BCUT2D eigenvalue weighted by Gasteiger charge is 2.00. The number of ether oxygens (including phenoxy) is 1. The highest BCUT2D eigenvalue weighted by atomic mass is 79.9. The van der Waals surface area contributed by atoms with Crippen molar-refractivity contribution in [3.05, 3.63) is 28.7 Å². The number of hydrogen-bond donors (Lipinski definition) is 0. The van der Waals surface area contributed by atoms with Crippen LogP contribution in [0.25, 0.3) is 0 Å². The van der Waals surface area contributed by atoms with Gasteiger partial charge in [0.15, 0.2) is 0 Å². The van der Waals surface area contributed by atoms with E-state index in [0.29, 0.717) is 5.75 Å². The summed E-state index contributed by atoms with van der Waals surface area (Å²) in [5.74, 6) is 0.158. The average molecular weight is 261 g/mol. The van der Waals surface area contributed by atoms with Crippen LogP contribution < -0.4 is 0 Å². The molecule has 0 bridgehead atoms. The lowest BCUT2D eigenvalue weighted by molar-refractivity contribution is -0.137. The lowest BCUT2D eigenvalue weighted by atomic mass is 10.4. The van der Waals surface area contributed by atoms with Gasteiger partial charge in [-0.3, -0.25) is 4.79 Å². The Morgan fingerprint density at radius 2 is 2.08 bits per heavy atom. The smallest absolute Gasteiger partial charge is 0.315 e. The van der Waals surface area contributed by atoms with Crippen LogP contribution in [0.1, 0.15) is 0 Å². The summed E-state index contributed by atoms with van der Waals surface area (Å²) in [6.45, 7) is 0. The Morgan fingerprint density at radius 3 is 2.62 bits per heavy atom. The summed E-state index contributed by atoms with van der Waals surface area (Å²) in [4.78, 5) is 11.9. The molecule has 0 saturated carbocycles. The van der Waals surface area contributed by atoms with Crippen LogP contribution in [0.15, 0.2) is 33.6 Å². The minimum absolute atomic E-state index is 0.201. The predicted octanol–water partition coefficient (Wildman–Crippen LogP) is 2.71. The van der Waals surface area contributed by atoms with E-state index < -0.39 is 0 Å². The first-order chi connectivity index (χ1) is 6.22. The summed E-state index contributed by atoms with van der Waals surface area (Å²) in [7, 11) is 1.39. The van der Waals surface area contributed by atoms with Crippen molar-refractivity contribution < 1.29 is 9.53 Å². The molecule has 1 aromatic carbocycles. The summed E-state index contributed by atoms with van der Waals surface area (Å²) in [5, 5.41) is 0. The maximum absolute atomic E-state index is 10.8. The molecule has 13 heavy (non-hydrogen) atoms. The number of halogens is 1. The van der Waals surface area contributed by atoms with Crippen LogP contribution in [0, 0.1) is 0 Å². The molecule has 0 atom stereocenters. The van der Waals surface area contributed by atoms with E-state index in [9.17, 15) is 4.79 Å². The fourth-order valence-corrected chi connectivity index (χ4v) is 1.73. The monoisotopic (exact) mass is 260 g/mol. The van der Waals surface area contributed by atoms with Crippen LogP contribution in [0.5, 0.6) is 0 Å². The van der Waals surface area contributed by atoms with Crippen LogP contribution in [0.4, 0.5) is 0 Å². The zero-order valence-corrected chi connectivity index (χ0v) is 9.52. The van der Waals surface area contributed by atoms with Crippen LogP contribution in [-0.4, -0.2) is 18.8 Å². The molecule has 0 aliphatic heterocycles. The van der Waals surface area contributed by atoms with Crippen molar-refractivity contribution in [3.8, 4) is 0 Å². The lowest BCUT2D eigenvalue weighted by Crippen LogP contribution is -2.02. The number of hydrogen-bond acceptors (Lipinski definition) is 3. The van der Waals surface area contributed by atoms with Gasteiger partial charge in [0.25, 0.3) is 0 Å². The first-order valence-corrected chi connectivity index (χ1v) is 5.45. The van der Waals surface area contributed by atoms with E-state index >= 15 is 0 Å². The quantitative estimate of drug-likeness (QED) is 0.618. The number of esters is 1. The zero-order chi connectivity index (χ0) is 9.68. The van der Waals surface area contributed by atoms with E-state index in [0.717, 1.165) is 9.37 Å². The van der Waals surface area contributed by atoms with Gasteiger partial charge in [0.05, 0.1) is 12.9 Å². The standard InChI is InChI=1S/C9H9BrO2S/c1-12-9(11)6-13-8-4-2-7(10)3-5-8/h2-5H,6H2,1H3. The first-order valence-electron chi connectivity index (χ1n) is 3.67. The Kier molecular flexibility index (Phi) is 4.32. The second-order valence-corrected chi connectivity index (χ2v) is 4.28. The van der Waals surface area contributed by atoms with Crippen molar-refractivity contribution in [2.24, 2.45) is 0 Å². The third kappa shape index (κ3) is 3.83. The second-order valence-electron chi connectivity index (χ2n) is 2.32. The average Bonchev–Trinajstić information content (AvgIpc) is 2.16. The van der Waals surface area contributed by atoms with Gasteiger partial charge in [-0.2, -0.15) is 0 Å². The molecule has 0 amide bonds. The Hall–Kier alpha value is -0.480. The SMILES string of the molecule is COC(=O)CSc1ccc(Br)cc1. The minimum Gasteiger partial charge on any atom is -0.468 e. The van der Waals surface area contributed by atoms with Gasteiger partial charge in [0.2, 0.25) is 0 Å². The number of benzene rings is 1. The van der Waals surface area contributed by atoms with Gasteiger partial charge in [-0.05, 0) is 24.3 Å². The molecule has 0 aromatic heterocycles. The van der Waals surface area contributed by atoms with Crippen molar-refractivity contribution >= 4 is 33.7 Å². The van der Waals surface area contributed by atoms with E-state index in [1.165, 1.54) is 18.9 Å². The minimum atomic E-state index is -0.201. The van der Waals surface area contributed by atoms with Crippen LogP contribution in [0.3, 0.4) is 0 Å². The zero-order valence-electron chi connectivity index (χ0n) is 7.12. The fourth-order valence-electron chi connectivity index (χ4n) is 0.732. The number of carbonyl (C=O) groups excluding carboxylic acids is 1. The van der Waals surface area contributed by atoms with Crippen LogP contribution in [-0.2, 0) is 9.53 Å². The first kappa shape index (κ1) is 10.6. The van der Waals surface area contributed by atoms with Gasteiger partial charge in [0.1, 0.15) is 0 Å². The van der Waals surface area contributed by atoms with Crippen molar-refractivity contribution in [2.75, 3.05) is 12.9 Å². The number of methoxy groups -OCH3 is 1. The molecule has 1 aromatic rings. The molecule has 0 spiro atoms. The van der Waals surface area contributed by atoms with Gasteiger partial charge in [-0.15, -0.1) is 11.8 Å². The largest absolute Gasteiger partial charge is 0.468 e. The molecule has 0 aliphatic carbocycles. The molecule has 2 nitrogen and oxygen atoms in total. The fraction of sp³-hybridized carbons (Fsp3) is 0.222. The molecule has 0 fully saturated rings. The number of rotatable bonds is 3. The molecule has 0 aliphatic rings. The predicted molar refractivity (Wildman–Crippen MR) is 56.9 cm³/mol. The maximum atomic E-state index is 10.8. The van der Waals surface area contributed by atoms with E-state index in [1.54, 1.807) is 0 Å². The third-order valence-electron chi connectivity index (χ3n) is 1.40. The normalized spacial score (nSPS) is 9.69. The molecule has 1 rings (SSSR count). The summed E-state index contributed by atoms with van der Waals surface area (Å²) in [6.07, 6.45) is 0. The van der Waals surface area contributed by atoms with Gasteiger partial charge >= 0.3 is 5.97 Å². The molecular formula is C9H9BrO2S. The van der Waals surface area contributed by atoms with E-state index in [4.69, 9.17) is 0 Å². The third-order valence-corrected chi connectivity index (χ3v) is 2.91.